The van der Waals surface area contributed by atoms with E-state index in [1.807, 2.05) is 25.1 Å². The number of carbonyl (C=O) groups excluding carboxylic acids is 1. The van der Waals surface area contributed by atoms with Gasteiger partial charge in [0, 0.05) is 12.5 Å². The van der Waals surface area contributed by atoms with E-state index in [0.29, 0.717) is 24.0 Å². The van der Waals surface area contributed by atoms with E-state index in [1.54, 1.807) is 6.92 Å². The maximum atomic E-state index is 12.2. The van der Waals surface area contributed by atoms with E-state index in [1.165, 1.54) is 23.2 Å². The molecule has 1 aliphatic heterocycles. The number of benzene rings is 1. The first-order chi connectivity index (χ1) is 13.2. The maximum absolute atomic E-state index is 12.2. The number of hydrogen-bond donors (Lipinski definition) is 1. The largest absolute Gasteiger partial charge is 0.493 e. The van der Waals surface area contributed by atoms with E-state index < -0.39 is 0 Å². The SMILES string of the molecule is CCOC(=O)c1sc2ncnc(NC[C@H]3COc4ccccc4C3)c2c1C. The van der Waals surface area contributed by atoms with Gasteiger partial charge in [-0.05, 0) is 37.5 Å². The monoisotopic (exact) mass is 383 g/mol. The number of rotatable bonds is 5. The third-order valence-electron chi connectivity index (χ3n) is 4.70. The summed E-state index contributed by atoms with van der Waals surface area (Å²) in [5.74, 6) is 1.78. The molecule has 3 aromatic rings. The van der Waals surface area contributed by atoms with Gasteiger partial charge in [0.15, 0.2) is 0 Å². The molecule has 4 rings (SSSR count). The summed E-state index contributed by atoms with van der Waals surface area (Å²) in [6, 6.07) is 8.16. The van der Waals surface area contributed by atoms with Crippen molar-refractivity contribution in [2.45, 2.75) is 20.3 Å². The van der Waals surface area contributed by atoms with Crippen molar-refractivity contribution in [2.75, 3.05) is 25.1 Å². The number of aromatic nitrogens is 2. The Morgan fingerprint density at radius 2 is 2.22 bits per heavy atom. The molecule has 0 fully saturated rings. The summed E-state index contributed by atoms with van der Waals surface area (Å²) in [4.78, 5) is 22.3. The van der Waals surface area contributed by atoms with Crippen molar-refractivity contribution in [3.05, 3.63) is 46.6 Å². The first-order valence-corrected chi connectivity index (χ1v) is 9.84. The second-order valence-corrected chi connectivity index (χ2v) is 7.55. The predicted octanol–water partition coefficient (Wildman–Crippen LogP) is 3.84. The molecule has 0 spiro atoms. The van der Waals surface area contributed by atoms with E-state index >= 15 is 0 Å². The van der Waals surface area contributed by atoms with Crippen LogP contribution in [0.15, 0.2) is 30.6 Å². The Morgan fingerprint density at radius 3 is 3.07 bits per heavy atom. The summed E-state index contributed by atoms with van der Waals surface area (Å²) in [6.45, 7) is 5.49. The molecule has 0 saturated carbocycles. The molecule has 0 amide bonds. The Hall–Kier alpha value is -2.67. The number of para-hydroxylation sites is 1. The Labute approximate surface area is 161 Å². The van der Waals surface area contributed by atoms with Crippen molar-refractivity contribution >= 4 is 33.3 Å². The molecule has 1 atom stereocenters. The number of ether oxygens (including phenoxy) is 2. The second kappa shape index (κ2) is 7.52. The fourth-order valence-electron chi connectivity index (χ4n) is 3.36. The van der Waals surface area contributed by atoms with Crippen LogP contribution in [0.2, 0.25) is 0 Å². The average molecular weight is 383 g/mol. The lowest BCUT2D eigenvalue weighted by Crippen LogP contribution is -2.27. The number of aryl methyl sites for hydroxylation is 1. The third kappa shape index (κ3) is 3.47. The van der Waals surface area contributed by atoms with E-state index in [0.717, 1.165) is 40.3 Å². The van der Waals surface area contributed by atoms with Crippen LogP contribution in [-0.4, -0.2) is 35.7 Å². The van der Waals surface area contributed by atoms with Crippen LogP contribution in [0.4, 0.5) is 5.82 Å². The Balaban J connectivity index is 1.53. The van der Waals surface area contributed by atoms with Crippen molar-refractivity contribution < 1.29 is 14.3 Å². The molecule has 7 heteroatoms. The van der Waals surface area contributed by atoms with Crippen LogP contribution in [0, 0.1) is 12.8 Å². The molecule has 27 heavy (non-hydrogen) atoms. The molecule has 140 valence electrons. The van der Waals surface area contributed by atoms with Crippen molar-refractivity contribution in [2.24, 2.45) is 5.92 Å². The quantitative estimate of drug-likeness (QED) is 0.675. The molecule has 0 unspecified atom stereocenters. The number of carbonyl (C=O) groups is 1. The zero-order chi connectivity index (χ0) is 18.8. The van der Waals surface area contributed by atoms with Crippen LogP contribution in [-0.2, 0) is 11.2 Å². The Morgan fingerprint density at radius 1 is 1.37 bits per heavy atom. The van der Waals surface area contributed by atoms with E-state index in [4.69, 9.17) is 9.47 Å². The number of nitrogens with zero attached hydrogens (tertiary/aromatic N) is 2. The lowest BCUT2D eigenvalue weighted by molar-refractivity contribution is 0.0531. The molecule has 0 radical (unpaired) electrons. The molecule has 0 saturated heterocycles. The number of hydrogen-bond acceptors (Lipinski definition) is 7. The van der Waals surface area contributed by atoms with Crippen molar-refractivity contribution in [1.29, 1.82) is 0 Å². The Bertz CT molecular complexity index is 986. The first-order valence-electron chi connectivity index (χ1n) is 9.03. The topological polar surface area (TPSA) is 73.3 Å². The summed E-state index contributed by atoms with van der Waals surface area (Å²) in [5, 5.41) is 4.33. The van der Waals surface area contributed by atoms with Gasteiger partial charge in [0.2, 0.25) is 0 Å². The van der Waals surface area contributed by atoms with Gasteiger partial charge in [0.05, 0.1) is 18.6 Å². The number of anilines is 1. The van der Waals surface area contributed by atoms with Gasteiger partial charge in [-0.25, -0.2) is 14.8 Å². The van der Waals surface area contributed by atoms with E-state index in [-0.39, 0.29) is 5.97 Å². The van der Waals surface area contributed by atoms with Crippen molar-refractivity contribution in [3.63, 3.8) is 0 Å². The van der Waals surface area contributed by atoms with Crippen molar-refractivity contribution in [1.82, 2.24) is 9.97 Å². The molecular weight excluding hydrogens is 362 g/mol. The summed E-state index contributed by atoms with van der Waals surface area (Å²) in [6.07, 6.45) is 2.50. The lowest BCUT2D eigenvalue weighted by atomic mass is 9.97. The van der Waals surface area contributed by atoms with Gasteiger partial charge in [0.25, 0.3) is 0 Å². The summed E-state index contributed by atoms with van der Waals surface area (Å²) in [7, 11) is 0. The molecule has 6 nitrogen and oxygen atoms in total. The van der Waals surface area contributed by atoms with Crippen LogP contribution in [0.1, 0.15) is 27.7 Å². The van der Waals surface area contributed by atoms with Gasteiger partial charge in [-0.2, -0.15) is 0 Å². The van der Waals surface area contributed by atoms with E-state index in [9.17, 15) is 4.79 Å². The molecule has 1 aliphatic rings. The lowest BCUT2D eigenvalue weighted by Gasteiger charge is -2.25. The minimum Gasteiger partial charge on any atom is -0.493 e. The highest BCUT2D eigenvalue weighted by molar-refractivity contribution is 7.20. The highest BCUT2D eigenvalue weighted by Gasteiger charge is 2.22. The fraction of sp³-hybridized carbons (Fsp3) is 0.350. The molecular formula is C20H21N3O3S. The zero-order valence-corrected chi connectivity index (χ0v) is 16.1. The van der Waals surface area contributed by atoms with Gasteiger partial charge in [-0.3, -0.25) is 0 Å². The van der Waals surface area contributed by atoms with Crippen LogP contribution in [0.5, 0.6) is 5.75 Å². The zero-order valence-electron chi connectivity index (χ0n) is 15.3. The standard InChI is InChI=1S/C20H21N3O3S/c1-3-25-20(24)17-12(2)16-18(22-11-23-19(16)27-17)21-9-13-8-14-6-4-5-7-15(14)26-10-13/h4-7,11,13H,3,8-10H2,1-2H3,(H,21,22,23)/t13-/m0/s1. The molecule has 3 heterocycles. The third-order valence-corrected chi connectivity index (χ3v) is 5.88. The van der Waals surface area contributed by atoms with Crippen LogP contribution in [0.25, 0.3) is 10.2 Å². The minimum absolute atomic E-state index is 0.304. The maximum Gasteiger partial charge on any atom is 0.348 e. The van der Waals surface area contributed by atoms with Crippen LogP contribution in [0.3, 0.4) is 0 Å². The van der Waals surface area contributed by atoms with Gasteiger partial charge in [-0.1, -0.05) is 18.2 Å². The number of thiophene rings is 1. The number of nitrogens with one attached hydrogen (secondary N) is 1. The van der Waals surface area contributed by atoms with Gasteiger partial charge >= 0.3 is 5.97 Å². The number of esters is 1. The van der Waals surface area contributed by atoms with Crippen LogP contribution < -0.4 is 10.1 Å². The molecule has 1 N–H and O–H groups in total. The molecule has 2 aromatic heterocycles. The summed E-state index contributed by atoms with van der Waals surface area (Å²) in [5.41, 5.74) is 2.10. The normalized spacial score (nSPS) is 15.9. The second-order valence-electron chi connectivity index (χ2n) is 6.55. The van der Waals surface area contributed by atoms with E-state index in [2.05, 4.69) is 21.4 Å². The average Bonchev–Trinajstić information content (AvgIpc) is 3.04. The smallest absolute Gasteiger partial charge is 0.348 e. The first kappa shape index (κ1) is 17.7. The highest BCUT2D eigenvalue weighted by atomic mass is 32.1. The molecule has 1 aromatic carbocycles. The van der Waals surface area contributed by atoms with Gasteiger partial charge < -0.3 is 14.8 Å². The summed E-state index contributed by atoms with van der Waals surface area (Å²) < 4.78 is 11.0. The van der Waals surface area contributed by atoms with Crippen molar-refractivity contribution in [3.8, 4) is 5.75 Å². The molecule has 0 bridgehead atoms. The van der Waals surface area contributed by atoms with Gasteiger partial charge in [-0.15, -0.1) is 11.3 Å². The predicted molar refractivity (Wildman–Crippen MR) is 106 cm³/mol. The van der Waals surface area contributed by atoms with Crippen LogP contribution >= 0.6 is 11.3 Å². The summed E-state index contributed by atoms with van der Waals surface area (Å²) >= 11 is 1.35. The Kier molecular flexibility index (Phi) is 4.94. The number of fused-ring (bicyclic) bond motifs is 2. The highest BCUT2D eigenvalue weighted by Crippen LogP contribution is 2.34. The molecule has 0 aliphatic carbocycles. The van der Waals surface area contributed by atoms with Gasteiger partial charge in [0.1, 0.15) is 27.6 Å². The fourth-order valence-corrected chi connectivity index (χ4v) is 4.40. The minimum atomic E-state index is -0.304.